The Morgan fingerprint density at radius 3 is 2.33 bits per heavy atom. The molecule has 0 aliphatic heterocycles. The predicted molar refractivity (Wildman–Crippen MR) is 86.9 cm³/mol. The molecular weight excluding hydrogens is 260 g/mol. The van der Waals surface area contributed by atoms with Gasteiger partial charge in [0.05, 0.1) is 7.11 Å². The van der Waals surface area contributed by atoms with Crippen LogP contribution in [0.1, 0.15) is 22.3 Å². The summed E-state index contributed by atoms with van der Waals surface area (Å²) < 4.78 is 5.18. The molecule has 0 amide bonds. The van der Waals surface area contributed by atoms with Crippen LogP contribution in [0.2, 0.25) is 0 Å². The second kappa shape index (κ2) is 7.28. The third-order valence-corrected chi connectivity index (χ3v) is 3.95. The highest BCUT2D eigenvalue weighted by atomic mass is 16.5. The van der Waals surface area contributed by atoms with Gasteiger partial charge in [-0.05, 0) is 61.4 Å². The molecule has 1 unspecified atom stereocenters. The molecule has 2 rings (SSSR count). The maximum atomic E-state index is 9.68. The first-order valence-corrected chi connectivity index (χ1v) is 7.42. The van der Waals surface area contributed by atoms with E-state index in [9.17, 15) is 5.11 Å². The molecule has 0 aliphatic carbocycles. The van der Waals surface area contributed by atoms with E-state index < -0.39 is 0 Å². The van der Waals surface area contributed by atoms with Gasteiger partial charge in [-0.1, -0.05) is 35.9 Å². The number of benzene rings is 2. The zero-order valence-corrected chi connectivity index (χ0v) is 13.1. The molecule has 0 heterocycles. The van der Waals surface area contributed by atoms with E-state index in [0.29, 0.717) is 0 Å². The van der Waals surface area contributed by atoms with Crippen molar-refractivity contribution in [3.05, 3.63) is 64.7 Å². The second-order valence-corrected chi connectivity index (χ2v) is 5.73. The average Bonchev–Trinajstić information content (AvgIpc) is 2.51. The minimum absolute atomic E-state index is 0.208. The van der Waals surface area contributed by atoms with Crippen LogP contribution in [-0.2, 0) is 12.8 Å². The molecule has 2 aromatic carbocycles. The molecule has 0 spiro atoms. The van der Waals surface area contributed by atoms with Gasteiger partial charge in [0.1, 0.15) is 5.75 Å². The van der Waals surface area contributed by atoms with Crippen molar-refractivity contribution in [1.82, 2.24) is 0 Å². The van der Waals surface area contributed by atoms with E-state index >= 15 is 0 Å². The topological polar surface area (TPSA) is 29.5 Å². The fourth-order valence-electron chi connectivity index (χ4n) is 2.63. The average molecular weight is 284 g/mol. The molecule has 0 saturated heterocycles. The molecular formula is C19H24O2. The van der Waals surface area contributed by atoms with Gasteiger partial charge in [-0.15, -0.1) is 0 Å². The van der Waals surface area contributed by atoms with Gasteiger partial charge >= 0.3 is 0 Å². The Bertz CT molecular complexity index is 573. The number of aryl methyl sites for hydroxylation is 2. The highest BCUT2D eigenvalue weighted by Crippen LogP contribution is 2.20. The van der Waals surface area contributed by atoms with Crippen LogP contribution < -0.4 is 4.74 Å². The number of hydrogen-bond acceptors (Lipinski definition) is 2. The Labute approximate surface area is 127 Å². The Morgan fingerprint density at radius 1 is 1.00 bits per heavy atom. The van der Waals surface area contributed by atoms with Gasteiger partial charge in [0.15, 0.2) is 0 Å². The van der Waals surface area contributed by atoms with E-state index in [1.54, 1.807) is 7.11 Å². The van der Waals surface area contributed by atoms with E-state index in [4.69, 9.17) is 4.74 Å². The molecule has 0 bridgehead atoms. The summed E-state index contributed by atoms with van der Waals surface area (Å²) in [5, 5.41) is 9.68. The Kier molecular flexibility index (Phi) is 5.40. The van der Waals surface area contributed by atoms with Crippen molar-refractivity contribution in [3.63, 3.8) is 0 Å². The summed E-state index contributed by atoms with van der Waals surface area (Å²) in [5.41, 5.74) is 5.15. The van der Waals surface area contributed by atoms with Gasteiger partial charge in [-0.2, -0.15) is 0 Å². The standard InChI is InChI=1S/C19H24O2/c1-14-4-5-15(2)18(10-14)12-17(13-20)11-16-6-8-19(21-3)9-7-16/h4-10,17,20H,11-13H2,1-3H3. The van der Waals surface area contributed by atoms with Gasteiger partial charge in [0.2, 0.25) is 0 Å². The summed E-state index contributed by atoms with van der Waals surface area (Å²) in [6.07, 6.45) is 1.80. The van der Waals surface area contributed by atoms with Crippen molar-refractivity contribution in [3.8, 4) is 5.75 Å². The number of hydrogen-bond donors (Lipinski definition) is 1. The van der Waals surface area contributed by atoms with Crippen molar-refractivity contribution in [2.75, 3.05) is 13.7 Å². The Balaban J connectivity index is 2.07. The van der Waals surface area contributed by atoms with Crippen molar-refractivity contribution >= 4 is 0 Å². The summed E-state index contributed by atoms with van der Waals surface area (Å²) in [5.74, 6) is 1.12. The van der Waals surface area contributed by atoms with Crippen LogP contribution >= 0.6 is 0 Å². The third kappa shape index (κ3) is 4.33. The molecule has 112 valence electrons. The molecule has 0 saturated carbocycles. The van der Waals surface area contributed by atoms with Crippen LogP contribution in [0.15, 0.2) is 42.5 Å². The number of aliphatic hydroxyl groups excluding tert-OH is 1. The zero-order chi connectivity index (χ0) is 15.2. The van der Waals surface area contributed by atoms with Crippen LogP contribution in [0.3, 0.4) is 0 Å². The molecule has 2 aromatic rings. The lowest BCUT2D eigenvalue weighted by atomic mass is 9.90. The van der Waals surface area contributed by atoms with Gasteiger partial charge in [-0.25, -0.2) is 0 Å². The van der Waals surface area contributed by atoms with Crippen molar-refractivity contribution in [2.45, 2.75) is 26.7 Å². The van der Waals surface area contributed by atoms with E-state index in [-0.39, 0.29) is 12.5 Å². The number of ether oxygens (including phenoxy) is 1. The zero-order valence-electron chi connectivity index (χ0n) is 13.1. The maximum Gasteiger partial charge on any atom is 0.118 e. The summed E-state index contributed by atoms with van der Waals surface area (Å²) in [7, 11) is 1.67. The van der Waals surface area contributed by atoms with Crippen LogP contribution in [0, 0.1) is 19.8 Å². The lowest BCUT2D eigenvalue weighted by Gasteiger charge is -2.16. The van der Waals surface area contributed by atoms with Crippen molar-refractivity contribution < 1.29 is 9.84 Å². The smallest absolute Gasteiger partial charge is 0.118 e. The normalized spacial score (nSPS) is 12.2. The molecule has 0 fully saturated rings. The van der Waals surface area contributed by atoms with Crippen molar-refractivity contribution in [1.29, 1.82) is 0 Å². The fourth-order valence-corrected chi connectivity index (χ4v) is 2.63. The lowest BCUT2D eigenvalue weighted by Crippen LogP contribution is -2.13. The molecule has 21 heavy (non-hydrogen) atoms. The van der Waals surface area contributed by atoms with Gasteiger partial charge in [-0.3, -0.25) is 0 Å². The van der Waals surface area contributed by atoms with Crippen LogP contribution in [0.25, 0.3) is 0 Å². The molecule has 1 N–H and O–H groups in total. The highest BCUT2D eigenvalue weighted by molar-refractivity contribution is 5.31. The number of rotatable bonds is 6. The monoisotopic (exact) mass is 284 g/mol. The van der Waals surface area contributed by atoms with Gasteiger partial charge in [0, 0.05) is 6.61 Å². The summed E-state index contributed by atoms with van der Waals surface area (Å²) in [6.45, 7) is 4.45. The molecule has 2 heteroatoms. The third-order valence-electron chi connectivity index (χ3n) is 3.95. The van der Waals surface area contributed by atoms with E-state index in [0.717, 1.165) is 18.6 Å². The van der Waals surface area contributed by atoms with Gasteiger partial charge in [0.25, 0.3) is 0 Å². The van der Waals surface area contributed by atoms with E-state index in [1.165, 1.54) is 22.3 Å². The Hall–Kier alpha value is -1.80. The second-order valence-electron chi connectivity index (χ2n) is 5.73. The molecule has 0 aliphatic rings. The molecule has 0 radical (unpaired) electrons. The minimum atomic E-state index is 0.208. The van der Waals surface area contributed by atoms with Crippen molar-refractivity contribution in [2.24, 2.45) is 5.92 Å². The molecule has 2 nitrogen and oxygen atoms in total. The predicted octanol–water partition coefficient (Wildman–Crippen LogP) is 3.71. The quantitative estimate of drug-likeness (QED) is 0.876. The maximum absolute atomic E-state index is 9.68. The first-order chi connectivity index (χ1) is 10.1. The summed E-state index contributed by atoms with van der Waals surface area (Å²) in [4.78, 5) is 0. The van der Waals surface area contributed by atoms with Crippen LogP contribution in [0.5, 0.6) is 5.75 Å². The fraction of sp³-hybridized carbons (Fsp3) is 0.368. The minimum Gasteiger partial charge on any atom is -0.497 e. The molecule has 0 aromatic heterocycles. The highest BCUT2D eigenvalue weighted by Gasteiger charge is 2.11. The van der Waals surface area contributed by atoms with Gasteiger partial charge < -0.3 is 9.84 Å². The first-order valence-electron chi connectivity index (χ1n) is 7.42. The summed E-state index contributed by atoms with van der Waals surface area (Å²) >= 11 is 0. The van der Waals surface area contributed by atoms with E-state index in [2.05, 4.69) is 44.2 Å². The summed E-state index contributed by atoms with van der Waals surface area (Å²) in [6, 6.07) is 14.6. The van der Waals surface area contributed by atoms with Crippen LogP contribution in [0.4, 0.5) is 0 Å². The Morgan fingerprint density at radius 2 is 1.71 bits per heavy atom. The van der Waals surface area contributed by atoms with E-state index in [1.807, 2.05) is 12.1 Å². The SMILES string of the molecule is COc1ccc(CC(CO)Cc2cc(C)ccc2C)cc1. The first kappa shape index (κ1) is 15.6. The van der Waals surface area contributed by atoms with Crippen LogP contribution in [-0.4, -0.2) is 18.8 Å². The molecule has 1 atom stereocenters. The largest absolute Gasteiger partial charge is 0.497 e. The lowest BCUT2D eigenvalue weighted by molar-refractivity contribution is 0.225. The number of aliphatic hydroxyl groups is 1. The number of methoxy groups -OCH3 is 1.